The summed E-state index contributed by atoms with van der Waals surface area (Å²) in [5, 5.41) is 13.2. The predicted octanol–water partition coefficient (Wildman–Crippen LogP) is 4.67. The quantitative estimate of drug-likeness (QED) is 0.662. The SMILES string of the molecule is Br.COc1ccc(CC2CCCC(CCc3ccc(O)cc3)N2)cc1OC. The van der Waals surface area contributed by atoms with Gasteiger partial charge in [-0.2, -0.15) is 0 Å². The van der Waals surface area contributed by atoms with E-state index in [0.717, 1.165) is 30.8 Å². The van der Waals surface area contributed by atoms with Crippen LogP contribution in [0, 0.1) is 0 Å². The van der Waals surface area contributed by atoms with Gasteiger partial charge in [0.05, 0.1) is 14.2 Å². The average Bonchev–Trinajstić information content (AvgIpc) is 2.68. The summed E-state index contributed by atoms with van der Waals surface area (Å²) >= 11 is 0. The Morgan fingerprint density at radius 1 is 0.926 bits per heavy atom. The molecule has 0 spiro atoms. The van der Waals surface area contributed by atoms with Crippen LogP contribution in [0.25, 0.3) is 0 Å². The molecular weight excluding hydrogens is 406 g/mol. The lowest BCUT2D eigenvalue weighted by atomic mass is 9.91. The maximum atomic E-state index is 9.39. The molecule has 27 heavy (non-hydrogen) atoms. The molecule has 0 aliphatic carbocycles. The van der Waals surface area contributed by atoms with E-state index in [1.54, 1.807) is 26.4 Å². The van der Waals surface area contributed by atoms with Gasteiger partial charge in [-0.1, -0.05) is 24.6 Å². The van der Waals surface area contributed by atoms with Gasteiger partial charge < -0.3 is 19.9 Å². The number of halogens is 1. The molecule has 2 N–H and O–H groups in total. The fourth-order valence-electron chi connectivity index (χ4n) is 3.79. The van der Waals surface area contributed by atoms with E-state index in [1.807, 2.05) is 18.2 Å². The number of phenols is 1. The van der Waals surface area contributed by atoms with Crippen LogP contribution in [0.2, 0.25) is 0 Å². The minimum absolute atomic E-state index is 0. The Morgan fingerprint density at radius 2 is 1.59 bits per heavy atom. The van der Waals surface area contributed by atoms with E-state index >= 15 is 0 Å². The van der Waals surface area contributed by atoms with Crippen LogP contribution in [0.1, 0.15) is 36.8 Å². The van der Waals surface area contributed by atoms with E-state index in [4.69, 9.17) is 9.47 Å². The van der Waals surface area contributed by atoms with E-state index in [2.05, 4.69) is 17.4 Å². The Kier molecular flexibility index (Phi) is 8.45. The van der Waals surface area contributed by atoms with Gasteiger partial charge in [0, 0.05) is 12.1 Å². The van der Waals surface area contributed by atoms with Crippen molar-refractivity contribution in [2.45, 2.75) is 50.6 Å². The molecule has 0 bridgehead atoms. The highest BCUT2D eigenvalue weighted by molar-refractivity contribution is 8.93. The number of methoxy groups -OCH3 is 2. The average molecular weight is 436 g/mol. The van der Waals surface area contributed by atoms with Gasteiger partial charge in [-0.15, -0.1) is 17.0 Å². The third-order valence-corrected chi connectivity index (χ3v) is 5.22. The first-order chi connectivity index (χ1) is 12.7. The summed E-state index contributed by atoms with van der Waals surface area (Å²) in [5.41, 5.74) is 2.56. The molecule has 5 heteroatoms. The zero-order valence-corrected chi connectivity index (χ0v) is 17.8. The van der Waals surface area contributed by atoms with E-state index in [1.165, 1.54) is 30.4 Å². The Morgan fingerprint density at radius 3 is 2.30 bits per heavy atom. The van der Waals surface area contributed by atoms with Gasteiger partial charge in [0.2, 0.25) is 0 Å². The number of piperidine rings is 1. The fourth-order valence-corrected chi connectivity index (χ4v) is 3.79. The lowest BCUT2D eigenvalue weighted by Crippen LogP contribution is -2.43. The number of rotatable bonds is 7. The van der Waals surface area contributed by atoms with Gasteiger partial charge in [-0.25, -0.2) is 0 Å². The topological polar surface area (TPSA) is 50.7 Å². The minimum atomic E-state index is 0. The Hall–Kier alpha value is -1.72. The van der Waals surface area contributed by atoms with E-state index in [0.29, 0.717) is 17.8 Å². The number of hydrogen-bond donors (Lipinski definition) is 2. The van der Waals surface area contributed by atoms with Crippen LogP contribution in [-0.2, 0) is 12.8 Å². The van der Waals surface area contributed by atoms with Crippen molar-refractivity contribution in [1.82, 2.24) is 5.32 Å². The van der Waals surface area contributed by atoms with Crippen LogP contribution in [0.4, 0.5) is 0 Å². The molecule has 0 radical (unpaired) electrons. The van der Waals surface area contributed by atoms with E-state index in [-0.39, 0.29) is 17.0 Å². The van der Waals surface area contributed by atoms with Crippen LogP contribution in [-0.4, -0.2) is 31.4 Å². The van der Waals surface area contributed by atoms with E-state index in [9.17, 15) is 5.11 Å². The minimum Gasteiger partial charge on any atom is -0.508 e. The van der Waals surface area contributed by atoms with Gasteiger partial charge in [0.25, 0.3) is 0 Å². The number of nitrogens with one attached hydrogen (secondary N) is 1. The molecule has 0 saturated carbocycles. The molecule has 2 unspecified atom stereocenters. The highest BCUT2D eigenvalue weighted by Crippen LogP contribution is 2.29. The normalized spacial score (nSPS) is 19.2. The molecule has 4 nitrogen and oxygen atoms in total. The van der Waals surface area contributed by atoms with E-state index < -0.39 is 0 Å². The molecule has 1 aliphatic rings. The third kappa shape index (κ3) is 6.15. The van der Waals surface area contributed by atoms with Crippen molar-refractivity contribution in [2.75, 3.05) is 14.2 Å². The van der Waals surface area contributed by atoms with Crippen molar-refractivity contribution in [3.05, 3.63) is 53.6 Å². The predicted molar refractivity (Wildman–Crippen MR) is 115 cm³/mol. The highest BCUT2D eigenvalue weighted by Gasteiger charge is 2.21. The van der Waals surface area contributed by atoms with Crippen molar-refractivity contribution in [3.63, 3.8) is 0 Å². The molecule has 2 atom stereocenters. The standard InChI is InChI=1S/C22H29NO3.BrH/c1-25-21-13-9-17(15-22(21)26-2)14-19-5-3-4-18(23-19)10-6-16-7-11-20(24)12-8-16;/h7-9,11-13,15,18-19,23-24H,3-6,10,14H2,1-2H3;1H. The molecule has 1 fully saturated rings. The zero-order chi connectivity index (χ0) is 18.4. The second kappa shape index (κ2) is 10.6. The Bertz CT molecular complexity index is 705. The summed E-state index contributed by atoms with van der Waals surface area (Å²) in [6.45, 7) is 0. The molecule has 1 heterocycles. The zero-order valence-electron chi connectivity index (χ0n) is 16.1. The molecular formula is C22H30BrNO3. The second-order valence-electron chi connectivity index (χ2n) is 7.09. The van der Waals surface area contributed by atoms with Gasteiger partial charge in [0.1, 0.15) is 5.75 Å². The van der Waals surface area contributed by atoms with Crippen LogP contribution >= 0.6 is 17.0 Å². The number of aromatic hydroxyl groups is 1. The summed E-state index contributed by atoms with van der Waals surface area (Å²) in [6.07, 6.45) is 6.90. The lowest BCUT2D eigenvalue weighted by Gasteiger charge is -2.31. The molecule has 1 aliphatic heterocycles. The van der Waals surface area contributed by atoms with Gasteiger partial charge in [-0.3, -0.25) is 0 Å². The Labute approximate surface area is 172 Å². The number of benzene rings is 2. The highest BCUT2D eigenvalue weighted by atomic mass is 79.9. The van der Waals surface area contributed by atoms with Crippen molar-refractivity contribution in [1.29, 1.82) is 0 Å². The van der Waals surface area contributed by atoms with Crippen molar-refractivity contribution < 1.29 is 14.6 Å². The van der Waals surface area contributed by atoms with Crippen molar-refractivity contribution in [2.24, 2.45) is 0 Å². The van der Waals surface area contributed by atoms with Crippen LogP contribution < -0.4 is 14.8 Å². The summed E-state index contributed by atoms with van der Waals surface area (Å²) in [4.78, 5) is 0. The van der Waals surface area contributed by atoms with Gasteiger partial charge in [0.15, 0.2) is 11.5 Å². The summed E-state index contributed by atoms with van der Waals surface area (Å²) < 4.78 is 10.7. The molecule has 0 amide bonds. The molecule has 2 aromatic carbocycles. The molecule has 148 valence electrons. The lowest BCUT2D eigenvalue weighted by molar-refractivity contribution is 0.306. The summed E-state index contributed by atoms with van der Waals surface area (Å²) in [5.74, 6) is 1.91. The van der Waals surface area contributed by atoms with Gasteiger partial charge in [-0.05, 0) is 67.5 Å². The molecule has 1 saturated heterocycles. The number of ether oxygens (including phenoxy) is 2. The third-order valence-electron chi connectivity index (χ3n) is 5.22. The smallest absolute Gasteiger partial charge is 0.160 e. The summed E-state index contributed by atoms with van der Waals surface area (Å²) in [7, 11) is 3.35. The number of hydrogen-bond acceptors (Lipinski definition) is 4. The summed E-state index contributed by atoms with van der Waals surface area (Å²) in [6, 6.07) is 14.8. The molecule has 0 aromatic heterocycles. The fraction of sp³-hybridized carbons (Fsp3) is 0.455. The first kappa shape index (κ1) is 21.6. The Balaban J connectivity index is 0.00000261. The monoisotopic (exact) mass is 435 g/mol. The second-order valence-corrected chi connectivity index (χ2v) is 7.09. The van der Waals surface area contributed by atoms with Crippen LogP contribution in [0.15, 0.2) is 42.5 Å². The maximum Gasteiger partial charge on any atom is 0.160 e. The van der Waals surface area contributed by atoms with Crippen LogP contribution in [0.5, 0.6) is 17.2 Å². The van der Waals surface area contributed by atoms with Crippen molar-refractivity contribution in [3.8, 4) is 17.2 Å². The number of phenolic OH excluding ortho intramolecular Hbond substituents is 1. The van der Waals surface area contributed by atoms with Crippen molar-refractivity contribution >= 4 is 17.0 Å². The maximum absolute atomic E-state index is 9.39. The van der Waals surface area contributed by atoms with Gasteiger partial charge >= 0.3 is 0 Å². The molecule has 2 aromatic rings. The number of aryl methyl sites for hydroxylation is 1. The van der Waals surface area contributed by atoms with Crippen LogP contribution in [0.3, 0.4) is 0 Å². The largest absolute Gasteiger partial charge is 0.508 e. The molecule has 3 rings (SSSR count). The first-order valence-corrected chi connectivity index (χ1v) is 9.43. The first-order valence-electron chi connectivity index (χ1n) is 9.43.